The van der Waals surface area contributed by atoms with Gasteiger partial charge in [0.1, 0.15) is 13.2 Å². The van der Waals surface area contributed by atoms with E-state index in [0.29, 0.717) is 131 Å². The second-order valence-corrected chi connectivity index (χ2v) is 12.4. The average Bonchev–Trinajstić information content (AvgIpc) is 3.21. The maximum atomic E-state index is 12.7. The van der Waals surface area contributed by atoms with E-state index in [-0.39, 0.29) is 32.0 Å². The van der Waals surface area contributed by atoms with Gasteiger partial charge in [-0.15, -0.1) is 0 Å². The second kappa shape index (κ2) is 34.0. The lowest BCUT2D eigenvalue weighted by Gasteiger charge is -2.22. The Morgan fingerprint density at radius 1 is 0.482 bits per heavy atom. The van der Waals surface area contributed by atoms with Gasteiger partial charge in [0, 0.05) is 65.4 Å². The molecule has 2 rings (SSSR count). The van der Waals surface area contributed by atoms with Gasteiger partial charge in [-0.2, -0.15) is 0 Å². The molecule has 0 radical (unpaired) electrons. The maximum absolute atomic E-state index is 12.7. The van der Waals surface area contributed by atoms with Crippen LogP contribution in [0.25, 0.3) is 0 Å². The highest BCUT2D eigenvalue weighted by Gasteiger charge is 2.14. The second-order valence-electron chi connectivity index (χ2n) is 12.4. The zero-order chi connectivity index (χ0) is 40.2. The Morgan fingerprint density at radius 2 is 0.839 bits per heavy atom. The van der Waals surface area contributed by atoms with Crippen LogP contribution in [-0.4, -0.2) is 134 Å². The lowest BCUT2D eigenvalue weighted by Crippen LogP contribution is -2.34. The molecule has 314 valence electrons. The van der Waals surface area contributed by atoms with Crippen molar-refractivity contribution in [3.05, 3.63) is 71.8 Å². The van der Waals surface area contributed by atoms with E-state index in [2.05, 4.69) is 10.6 Å². The number of rotatable bonds is 35. The molecule has 0 aromatic heterocycles. The Hall–Kier alpha value is -4.32. The molecule has 0 aliphatic heterocycles. The first-order chi connectivity index (χ1) is 27.4. The van der Waals surface area contributed by atoms with E-state index in [0.717, 1.165) is 11.1 Å². The van der Waals surface area contributed by atoms with Crippen molar-refractivity contribution in [3.8, 4) is 0 Å². The van der Waals surface area contributed by atoms with Gasteiger partial charge in [-0.3, -0.25) is 9.59 Å². The first-order valence-corrected chi connectivity index (χ1v) is 19.4. The van der Waals surface area contributed by atoms with Crippen LogP contribution < -0.4 is 16.4 Å². The quantitative estimate of drug-likeness (QED) is 0.0861. The fourth-order valence-electron chi connectivity index (χ4n) is 4.83. The molecule has 16 heteroatoms. The fourth-order valence-corrected chi connectivity index (χ4v) is 4.83. The molecule has 0 saturated carbocycles. The van der Waals surface area contributed by atoms with Gasteiger partial charge in [0.05, 0.1) is 52.9 Å². The van der Waals surface area contributed by atoms with Crippen LogP contribution in [0.2, 0.25) is 0 Å². The number of nitrogens with two attached hydrogens (primary N) is 1. The molecule has 16 nitrogen and oxygen atoms in total. The topological polar surface area (TPSA) is 195 Å². The molecule has 0 saturated heterocycles. The van der Waals surface area contributed by atoms with Gasteiger partial charge in [-0.25, -0.2) is 9.59 Å². The molecule has 0 bridgehead atoms. The number of primary amides is 1. The first-order valence-electron chi connectivity index (χ1n) is 19.4. The van der Waals surface area contributed by atoms with E-state index in [1.54, 1.807) is 4.90 Å². The van der Waals surface area contributed by atoms with Crippen LogP contribution in [0, 0.1) is 0 Å². The summed E-state index contributed by atoms with van der Waals surface area (Å²) in [6.07, 6.45) is 1.74. The summed E-state index contributed by atoms with van der Waals surface area (Å²) >= 11 is 0. The summed E-state index contributed by atoms with van der Waals surface area (Å²) in [6, 6.07) is 19.0. The van der Waals surface area contributed by atoms with Crippen molar-refractivity contribution in [2.24, 2.45) is 5.73 Å². The summed E-state index contributed by atoms with van der Waals surface area (Å²) in [4.78, 5) is 49.1. The number of hydrogen-bond acceptors (Lipinski definition) is 12. The van der Waals surface area contributed by atoms with Gasteiger partial charge in [-0.1, -0.05) is 60.7 Å². The number of alkyl carbamates (subject to hydrolysis) is 2. The predicted octanol–water partition coefficient (Wildman–Crippen LogP) is 3.59. The summed E-state index contributed by atoms with van der Waals surface area (Å²) < 4.78 is 43.7. The molecule has 0 unspecified atom stereocenters. The van der Waals surface area contributed by atoms with E-state index in [9.17, 15) is 19.2 Å². The number of amides is 4. The maximum Gasteiger partial charge on any atom is 0.407 e. The molecule has 0 spiro atoms. The van der Waals surface area contributed by atoms with Crippen molar-refractivity contribution >= 4 is 24.0 Å². The zero-order valence-electron chi connectivity index (χ0n) is 32.7. The van der Waals surface area contributed by atoms with Crippen molar-refractivity contribution in [3.63, 3.8) is 0 Å². The van der Waals surface area contributed by atoms with E-state index in [4.69, 9.17) is 43.6 Å². The smallest absolute Gasteiger partial charge is 0.407 e. The van der Waals surface area contributed by atoms with Gasteiger partial charge >= 0.3 is 12.2 Å². The van der Waals surface area contributed by atoms with Crippen LogP contribution in [-0.2, 0) is 60.7 Å². The van der Waals surface area contributed by atoms with Crippen molar-refractivity contribution in [2.75, 3.05) is 105 Å². The van der Waals surface area contributed by atoms with E-state index >= 15 is 0 Å². The summed E-state index contributed by atoms with van der Waals surface area (Å²) in [5.74, 6) is -0.642. The standard InChI is InChI=1S/C40H62N4O12/c41-37(45)15-16-38(46)44(19-9-23-51-27-31-53-29-25-49-21-7-17-42-39(47)55-33-35-11-3-1-4-12-35)20-10-24-52-28-32-54-30-26-50-22-8-18-43-40(48)56-34-36-13-5-2-6-14-36/h1-6,11-14H,7-10,15-34H2,(H2,41,45)(H,42,47)(H,43,48). The highest BCUT2D eigenvalue weighted by molar-refractivity contribution is 5.82. The number of nitrogens with one attached hydrogen (secondary N) is 2. The van der Waals surface area contributed by atoms with Gasteiger partial charge in [0.15, 0.2) is 0 Å². The van der Waals surface area contributed by atoms with Crippen molar-refractivity contribution in [1.82, 2.24) is 15.5 Å². The third-order valence-corrected chi connectivity index (χ3v) is 7.75. The Morgan fingerprint density at radius 3 is 1.21 bits per heavy atom. The number of hydrogen-bond donors (Lipinski definition) is 3. The average molecular weight is 791 g/mol. The highest BCUT2D eigenvalue weighted by atomic mass is 16.6. The monoisotopic (exact) mass is 790 g/mol. The number of nitrogens with zero attached hydrogens (tertiary/aromatic N) is 1. The number of carbonyl (C=O) groups excluding carboxylic acids is 4. The van der Waals surface area contributed by atoms with E-state index < -0.39 is 18.1 Å². The first kappa shape index (κ1) is 47.8. The highest BCUT2D eigenvalue weighted by Crippen LogP contribution is 2.04. The molecule has 0 atom stereocenters. The van der Waals surface area contributed by atoms with Gasteiger partial charge in [0.2, 0.25) is 11.8 Å². The molecule has 2 aromatic rings. The molecule has 4 N–H and O–H groups in total. The molecule has 0 fully saturated rings. The molecule has 0 heterocycles. The van der Waals surface area contributed by atoms with Crippen LogP contribution in [0.15, 0.2) is 60.7 Å². The Labute approximate surface area is 330 Å². The van der Waals surface area contributed by atoms with Crippen molar-refractivity contribution in [1.29, 1.82) is 0 Å². The minimum Gasteiger partial charge on any atom is -0.445 e. The molecule has 56 heavy (non-hydrogen) atoms. The molecule has 0 aliphatic rings. The Kier molecular flexibility index (Phi) is 29.0. The lowest BCUT2D eigenvalue weighted by molar-refractivity contribution is -0.133. The van der Waals surface area contributed by atoms with Gasteiger partial charge in [0.25, 0.3) is 0 Å². The van der Waals surface area contributed by atoms with Crippen molar-refractivity contribution < 1.29 is 57.1 Å². The van der Waals surface area contributed by atoms with E-state index in [1.807, 2.05) is 60.7 Å². The van der Waals surface area contributed by atoms with Crippen LogP contribution in [0.1, 0.15) is 49.7 Å². The SMILES string of the molecule is NC(=O)CCC(=O)N(CCCOCCOCCOCCCNC(=O)OCc1ccccc1)CCCOCCOCCOCCCNC(=O)OCc1ccccc1. The lowest BCUT2D eigenvalue weighted by atomic mass is 10.2. The Balaban J connectivity index is 1.37. The number of carbonyl (C=O) groups is 4. The van der Waals surface area contributed by atoms with Crippen LogP contribution in [0.4, 0.5) is 9.59 Å². The zero-order valence-corrected chi connectivity index (χ0v) is 32.7. The van der Waals surface area contributed by atoms with Crippen LogP contribution in [0.3, 0.4) is 0 Å². The Bertz CT molecular complexity index is 1210. The molecular formula is C40H62N4O12. The molecule has 0 aliphatic carbocycles. The predicted molar refractivity (Wildman–Crippen MR) is 208 cm³/mol. The number of benzene rings is 2. The third-order valence-electron chi connectivity index (χ3n) is 7.75. The number of ether oxygens (including phenoxy) is 8. The summed E-state index contributed by atoms with van der Waals surface area (Å²) in [5.41, 5.74) is 7.10. The largest absolute Gasteiger partial charge is 0.445 e. The van der Waals surface area contributed by atoms with Crippen LogP contribution >= 0.6 is 0 Å². The normalized spacial score (nSPS) is 10.9. The van der Waals surface area contributed by atoms with Gasteiger partial charge in [-0.05, 0) is 36.8 Å². The minimum absolute atomic E-state index is 0.00582. The summed E-state index contributed by atoms with van der Waals surface area (Å²) in [7, 11) is 0. The fraction of sp³-hybridized carbons (Fsp3) is 0.600. The molecule has 2 aromatic carbocycles. The summed E-state index contributed by atoms with van der Waals surface area (Å²) in [5, 5.41) is 5.39. The molecule has 4 amide bonds. The minimum atomic E-state index is -0.511. The summed E-state index contributed by atoms with van der Waals surface area (Å²) in [6.45, 7) is 7.64. The van der Waals surface area contributed by atoms with Crippen LogP contribution in [0.5, 0.6) is 0 Å². The third kappa shape index (κ3) is 28.1. The van der Waals surface area contributed by atoms with E-state index in [1.165, 1.54) is 0 Å². The molecular weight excluding hydrogens is 728 g/mol. The van der Waals surface area contributed by atoms with Crippen molar-refractivity contribution in [2.45, 2.75) is 51.7 Å². The van der Waals surface area contributed by atoms with Gasteiger partial charge < -0.3 is 59.2 Å².